The SMILES string of the molecule is CCCC1=CC(=O)N(C(C(N)=O)C(S)CC)C1O. The monoisotopic (exact) mass is 272 g/mol. The molecule has 2 amide bonds. The Balaban J connectivity index is 2.95. The van der Waals surface area contributed by atoms with Crippen molar-refractivity contribution in [3.8, 4) is 0 Å². The number of aliphatic hydroxyl groups is 1. The number of aliphatic hydroxyl groups excluding tert-OH is 1. The van der Waals surface area contributed by atoms with Gasteiger partial charge in [-0.05, 0) is 18.4 Å². The van der Waals surface area contributed by atoms with Crippen LogP contribution < -0.4 is 5.73 Å². The Morgan fingerprint density at radius 3 is 2.67 bits per heavy atom. The summed E-state index contributed by atoms with van der Waals surface area (Å²) >= 11 is 4.27. The zero-order chi connectivity index (χ0) is 13.9. The summed E-state index contributed by atoms with van der Waals surface area (Å²) in [6, 6.07) is -0.883. The van der Waals surface area contributed by atoms with Gasteiger partial charge in [0.2, 0.25) is 11.8 Å². The lowest BCUT2D eigenvalue weighted by molar-refractivity contribution is -0.142. The smallest absolute Gasteiger partial charge is 0.249 e. The second-order valence-electron chi connectivity index (χ2n) is 4.41. The predicted molar refractivity (Wildman–Crippen MR) is 71.9 cm³/mol. The van der Waals surface area contributed by atoms with Crippen molar-refractivity contribution in [2.24, 2.45) is 5.73 Å². The molecule has 0 aromatic rings. The van der Waals surface area contributed by atoms with Crippen molar-refractivity contribution < 1.29 is 14.7 Å². The molecule has 1 aliphatic heterocycles. The molecule has 0 spiro atoms. The maximum atomic E-state index is 11.9. The molecule has 18 heavy (non-hydrogen) atoms. The van der Waals surface area contributed by atoms with Gasteiger partial charge >= 0.3 is 0 Å². The van der Waals surface area contributed by atoms with Crippen LogP contribution in [0.1, 0.15) is 33.1 Å². The maximum Gasteiger partial charge on any atom is 0.249 e. The average Bonchev–Trinajstić information content (AvgIpc) is 2.57. The molecule has 0 saturated carbocycles. The van der Waals surface area contributed by atoms with Gasteiger partial charge in [0.25, 0.3) is 0 Å². The van der Waals surface area contributed by atoms with E-state index < -0.39 is 18.2 Å². The number of carbonyl (C=O) groups is 2. The summed E-state index contributed by atoms with van der Waals surface area (Å²) in [6.45, 7) is 3.81. The highest BCUT2D eigenvalue weighted by Gasteiger charge is 2.40. The second-order valence-corrected chi connectivity index (χ2v) is 5.07. The number of amides is 2. The second kappa shape index (κ2) is 6.24. The first-order chi connectivity index (χ1) is 8.43. The number of primary amides is 1. The van der Waals surface area contributed by atoms with Crippen molar-refractivity contribution >= 4 is 24.4 Å². The Bertz CT molecular complexity index is 370. The predicted octanol–water partition coefficient (Wildman–Crippen LogP) is 0.436. The van der Waals surface area contributed by atoms with Gasteiger partial charge in [-0.15, -0.1) is 0 Å². The van der Waals surface area contributed by atoms with Gasteiger partial charge in [-0.25, -0.2) is 0 Å². The number of carbonyl (C=O) groups excluding carboxylic acids is 2. The van der Waals surface area contributed by atoms with E-state index >= 15 is 0 Å². The average molecular weight is 272 g/mol. The van der Waals surface area contributed by atoms with E-state index in [0.29, 0.717) is 18.4 Å². The summed E-state index contributed by atoms with van der Waals surface area (Å²) in [6.07, 6.45) is 2.36. The van der Waals surface area contributed by atoms with Crippen LogP contribution in [0.5, 0.6) is 0 Å². The number of rotatable bonds is 6. The molecule has 0 aliphatic carbocycles. The lowest BCUT2D eigenvalue weighted by Gasteiger charge is -2.32. The van der Waals surface area contributed by atoms with E-state index in [1.807, 2.05) is 13.8 Å². The van der Waals surface area contributed by atoms with Crippen LogP contribution in [0.25, 0.3) is 0 Å². The van der Waals surface area contributed by atoms with Gasteiger partial charge in [0, 0.05) is 11.3 Å². The molecule has 0 bridgehead atoms. The fourth-order valence-electron chi connectivity index (χ4n) is 2.12. The van der Waals surface area contributed by atoms with E-state index in [-0.39, 0.29) is 11.2 Å². The highest BCUT2D eigenvalue weighted by Crippen LogP contribution is 2.27. The Morgan fingerprint density at radius 1 is 1.61 bits per heavy atom. The third-order valence-electron chi connectivity index (χ3n) is 3.07. The van der Waals surface area contributed by atoms with Crippen LogP contribution >= 0.6 is 12.6 Å². The summed E-state index contributed by atoms with van der Waals surface area (Å²) in [7, 11) is 0. The lowest BCUT2D eigenvalue weighted by atomic mass is 10.1. The molecule has 1 rings (SSSR count). The van der Waals surface area contributed by atoms with Gasteiger partial charge in [-0.3, -0.25) is 14.5 Å². The van der Waals surface area contributed by atoms with E-state index in [1.165, 1.54) is 6.08 Å². The van der Waals surface area contributed by atoms with Gasteiger partial charge in [0.05, 0.1) is 0 Å². The van der Waals surface area contributed by atoms with Crippen LogP contribution in [-0.2, 0) is 9.59 Å². The Morgan fingerprint density at radius 2 is 2.22 bits per heavy atom. The zero-order valence-electron chi connectivity index (χ0n) is 10.7. The Labute approximate surface area is 112 Å². The molecule has 6 heteroatoms. The molecule has 5 nitrogen and oxygen atoms in total. The van der Waals surface area contributed by atoms with E-state index in [1.54, 1.807) is 0 Å². The minimum absolute atomic E-state index is 0.373. The van der Waals surface area contributed by atoms with E-state index in [9.17, 15) is 14.7 Å². The summed E-state index contributed by atoms with van der Waals surface area (Å²) in [4.78, 5) is 24.5. The molecular weight excluding hydrogens is 252 g/mol. The van der Waals surface area contributed by atoms with E-state index in [0.717, 1.165) is 11.3 Å². The molecular formula is C12H20N2O3S. The molecule has 102 valence electrons. The molecule has 3 unspecified atom stereocenters. The normalized spacial score (nSPS) is 22.9. The number of nitrogens with zero attached hydrogens (tertiary/aromatic N) is 1. The van der Waals surface area contributed by atoms with Crippen LogP contribution in [0.4, 0.5) is 0 Å². The molecule has 1 heterocycles. The summed E-state index contributed by atoms with van der Waals surface area (Å²) in [5.74, 6) is -1.02. The van der Waals surface area contributed by atoms with Crippen molar-refractivity contribution in [1.29, 1.82) is 0 Å². The molecule has 1 aliphatic rings. The number of hydrogen-bond acceptors (Lipinski definition) is 4. The Hall–Kier alpha value is -1.01. The maximum absolute atomic E-state index is 11.9. The van der Waals surface area contributed by atoms with Crippen LogP contribution in [0, 0.1) is 0 Å². The van der Waals surface area contributed by atoms with Gasteiger partial charge in [0.15, 0.2) is 6.23 Å². The standard InChI is InChI=1S/C12H20N2O3S/c1-3-5-7-6-9(15)14(12(7)17)10(11(13)16)8(18)4-2/h6,8,10,12,17-18H,3-5H2,1-2H3,(H2,13,16). The third kappa shape index (κ3) is 2.87. The molecule has 0 aromatic carbocycles. The number of thiol groups is 1. The lowest BCUT2D eigenvalue weighted by Crippen LogP contribution is -2.54. The van der Waals surface area contributed by atoms with Crippen LogP contribution in [-0.4, -0.2) is 39.3 Å². The first-order valence-corrected chi connectivity index (χ1v) is 6.63. The van der Waals surface area contributed by atoms with Crippen molar-refractivity contribution in [1.82, 2.24) is 4.90 Å². The number of nitrogens with two attached hydrogens (primary N) is 1. The Kier molecular flexibility index (Phi) is 5.22. The molecule has 0 aromatic heterocycles. The fraction of sp³-hybridized carbons (Fsp3) is 0.667. The first-order valence-electron chi connectivity index (χ1n) is 6.12. The highest BCUT2D eigenvalue weighted by atomic mass is 32.1. The minimum atomic E-state index is -1.06. The van der Waals surface area contributed by atoms with Crippen molar-refractivity contribution in [3.05, 3.63) is 11.6 Å². The minimum Gasteiger partial charge on any atom is -0.369 e. The largest absolute Gasteiger partial charge is 0.369 e. The van der Waals surface area contributed by atoms with Gasteiger partial charge in [0.1, 0.15) is 6.04 Å². The van der Waals surface area contributed by atoms with E-state index in [4.69, 9.17) is 5.73 Å². The molecule has 0 radical (unpaired) electrons. The van der Waals surface area contributed by atoms with Crippen LogP contribution in [0.2, 0.25) is 0 Å². The van der Waals surface area contributed by atoms with Gasteiger partial charge in [-0.2, -0.15) is 12.6 Å². The molecule has 0 saturated heterocycles. The summed E-state index contributed by atoms with van der Waals surface area (Å²) in [5, 5.41) is 9.73. The molecule has 3 N–H and O–H groups in total. The third-order valence-corrected chi connectivity index (χ3v) is 3.72. The summed E-state index contributed by atoms with van der Waals surface area (Å²) < 4.78 is 0. The topological polar surface area (TPSA) is 83.6 Å². The van der Waals surface area contributed by atoms with Crippen LogP contribution in [0.15, 0.2) is 11.6 Å². The van der Waals surface area contributed by atoms with Crippen molar-refractivity contribution in [3.63, 3.8) is 0 Å². The van der Waals surface area contributed by atoms with Crippen molar-refractivity contribution in [2.45, 2.75) is 50.6 Å². The summed E-state index contributed by atoms with van der Waals surface area (Å²) in [5.41, 5.74) is 5.95. The number of hydrogen-bond donors (Lipinski definition) is 3. The zero-order valence-corrected chi connectivity index (χ0v) is 11.6. The van der Waals surface area contributed by atoms with Gasteiger partial charge in [-0.1, -0.05) is 20.3 Å². The quantitative estimate of drug-likeness (QED) is 0.613. The van der Waals surface area contributed by atoms with E-state index in [2.05, 4.69) is 12.6 Å². The molecule has 3 atom stereocenters. The highest BCUT2D eigenvalue weighted by molar-refractivity contribution is 7.81. The van der Waals surface area contributed by atoms with Gasteiger partial charge < -0.3 is 10.8 Å². The molecule has 0 fully saturated rings. The van der Waals surface area contributed by atoms with Crippen LogP contribution in [0.3, 0.4) is 0 Å². The first kappa shape index (κ1) is 15.0. The fourth-order valence-corrected chi connectivity index (χ4v) is 2.41. The van der Waals surface area contributed by atoms with Crippen molar-refractivity contribution in [2.75, 3.05) is 0 Å².